The predicted octanol–water partition coefficient (Wildman–Crippen LogP) is 2.28. The Morgan fingerprint density at radius 1 is 1.04 bits per heavy atom. The van der Waals surface area contributed by atoms with Crippen molar-refractivity contribution in [1.29, 1.82) is 0 Å². The molecule has 0 spiro atoms. The fraction of sp³-hybridized carbons (Fsp3) is 0.529. The number of rotatable bonds is 9. The largest absolute Gasteiger partial charge is 0.326 e. The highest BCUT2D eigenvalue weighted by molar-refractivity contribution is 7.88. The number of hydrogen-bond acceptors (Lipinski definition) is 4. The average molecular weight is 369 g/mol. The van der Waals surface area contributed by atoms with E-state index >= 15 is 0 Å². The maximum Gasteiger partial charge on any atom is 0.225 e. The van der Waals surface area contributed by atoms with E-state index in [1.54, 1.807) is 24.3 Å². The highest BCUT2D eigenvalue weighted by Gasteiger charge is 2.18. The van der Waals surface area contributed by atoms with Crippen molar-refractivity contribution in [3.05, 3.63) is 24.3 Å². The number of sulfonamides is 1. The van der Waals surface area contributed by atoms with E-state index in [1.165, 1.54) is 11.2 Å². The molecule has 1 aromatic rings. The third kappa shape index (κ3) is 8.64. The molecule has 1 aromatic carbocycles. The van der Waals surface area contributed by atoms with E-state index in [-0.39, 0.29) is 24.8 Å². The zero-order valence-electron chi connectivity index (χ0n) is 15.2. The van der Waals surface area contributed by atoms with E-state index in [1.807, 2.05) is 13.8 Å². The van der Waals surface area contributed by atoms with Gasteiger partial charge in [-0.15, -0.1) is 0 Å². The van der Waals surface area contributed by atoms with Gasteiger partial charge < -0.3 is 10.6 Å². The molecule has 2 N–H and O–H groups in total. The van der Waals surface area contributed by atoms with Crippen LogP contribution in [-0.4, -0.2) is 43.9 Å². The van der Waals surface area contributed by atoms with Crippen molar-refractivity contribution in [2.45, 2.75) is 33.6 Å². The Morgan fingerprint density at radius 2 is 1.56 bits per heavy atom. The minimum atomic E-state index is -3.33. The van der Waals surface area contributed by atoms with Gasteiger partial charge in [-0.2, -0.15) is 0 Å². The lowest BCUT2D eigenvalue weighted by atomic mass is 10.1. The van der Waals surface area contributed by atoms with Crippen LogP contribution < -0.4 is 10.6 Å². The van der Waals surface area contributed by atoms with Gasteiger partial charge in [0.05, 0.1) is 6.26 Å². The van der Waals surface area contributed by atoms with Crippen molar-refractivity contribution in [1.82, 2.24) is 4.31 Å². The average Bonchev–Trinajstić information content (AvgIpc) is 2.47. The first kappa shape index (κ1) is 21.1. The molecule has 0 fully saturated rings. The summed E-state index contributed by atoms with van der Waals surface area (Å²) in [5.41, 5.74) is 1.23. The van der Waals surface area contributed by atoms with Crippen molar-refractivity contribution >= 4 is 33.2 Å². The molecule has 0 radical (unpaired) electrons. The predicted molar refractivity (Wildman–Crippen MR) is 99.9 cm³/mol. The second-order valence-electron chi connectivity index (χ2n) is 6.40. The summed E-state index contributed by atoms with van der Waals surface area (Å²) in [7, 11) is -3.33. The standard InChI is InChI=1S/C17H27N3O4S/c1-13(2)9-11-20(25(4,23)24)12-10-17(22)19-16-7-5-15(6-8-16)18-14(3)21/h5-8,13H,9-12H2,1-4H3,(H,18,21)(H,19,22). The summed E-state index contributed by atoms with van der Waals surface area (Å²) < 4.78 is 24.9. The van der Waals surface area contributed by atoms with Crippen molar-refractivity contribution in [3.63, 3.8) is 0 Å². The number of carbonyl (C=O) groups is 2. The fourth-order valence-corrected chi connectivity index (χ4v) is 3.00. The zero-order valence-corrected chi connectivity index (χ0v) is 16.0. The van der Waals surface area contributed by atoms with Crippen LogP contribution in [0.3, 0.4) is 0 Å². The molecule has 0 heterocycles. The summed E-state index contributed by atoms with van der Waals surface area (Å²) in [6, 6.07) is 6.72. The normalized spacial score (nSPS) is 11.6. The van der Waals surface area contributed by atoms with Crippen LogP contribution in [0.5, 0.6) is 0 Å². The molecule has 0 saturated heterocycles. The zero-order chi connectivity index (χ0) is 19.0. The Morgan fingerprint density at radius 3 is 2.00 bits per heavy atom. The van der Waals surface area contributed by atoms with Gasteiger partial charge in [-0.1, -0.05) is 13.8 Å². The van der Waals surface area contributed by atoms with E-state index < -0.39 is 10.0 Å². The van der Waals surface area contributed by atoms with Gasteiger partial charge in [-0.3, -0.25) is 9.59 Å². The number of benzene rings is 1. The molecule has 0 aliphatic carbocycles. The maximum atomic E-state index is 12.0. The Bertz CT molecular complexity index is 684. The number of nitrogens with zero attached hydrogens (tertiary/aromatic N) is 1. The van der Waals surface area contributed by atoms with Crippen LogP contribution in [0.4, 0.5) is 11.4 Å². The molecule has 7 nitrogen and oxygen atoms in total. The van der Waals surface area contributed by atoms with Gasteiger partial charge in [-0.05, 0) is 36.6 Å². The molecule has 0 aromatic heterocycles. The van der Waals surface area contributed by atoms with Gasteiger partial charge in [0.1, 0.15) is 0 Å². The van der Waals surface area contributed by atoms with Crippen molar-refractivity contribution in [2.24, 2.45) is 5.92 Å². The molecule has 0 aliphatic heterocycles. The topological polar surface area (TPSA) is 95.6 Å². The Kier molecular flexibility index (Phi) is 8.05. The third-order valence-corrected chi connectivity index (χ3v) is 4.81. The van der Waals surface area contributed by atoms with Crippen molar-refractivity contribution < 1.29 is 18.0 Å². The SMILES string of the molecule is CC(=O)Nc1ccc(NC(=O)CCN(CCC(C)C)S(C)(=O)=O)cc1. The van der Waals surface area contributed by atoms with Crippen LogP contribution in [0.15, 0.2) is 24.3 Å². The maximum absolute atomic E-state index is 12.0. The number of hydrogen-bond donors (Lipinski definition) is 2. The molecule has 25 heavy (non-hydrogen) atoms. The second kappa shape index (κ2) is 9.53. The highest BCUT2D eigenvalue weighted by Crippen LogP contribution is 2.14. The molecule has 8 heteroatoms. The summed E-state index contributed by atoms with van der Waals surface area (Å²) in [6.45, 7) is 6.04. The minimum Gasteiger partial charge on any atom is -0.326 e. The van der Waals surface area contributed by atoms with Gasteiger partial charge in [-0.25, -0.2) is 12.7 Å². The Balaban J connectivity index is 2.55. The molecule has 0 bridgehead atoms. The van der Waals surface area contributed by atoms with E-state index in [2.05, 4.69) is 10.6 Å². The molecular weight excluding hydrogens is 342 g/mol. The molecule has 0 unspecified atom stereocenters. The molecule has 0 atom stereocenters. The molecule has 1 rings (SSSR count). The summed E-state index contributed by atoms with van der Waals surface area (Å²) >= 11 is 0. The first-order chi connectivity index (χ1) is 11.6. The Labute approximate surface area is 149 Å². The van der Waals surface area contributed by atoms with E-state index in [0.29, 0.717) is 23.8 Å². The number of nitrogens with one attached hydrogen (secondary N) is 2. The second-order valence-corrected chi connectivity index (χ2v) is 8.38. The van der Waals surface area contributed by atoms with Crippen LogP contribution in [0.25, 0.3) is 0 Å². The van der Waals surface area contributed by atoms with Gasteiger partial charge in [0.2, 0.25) is 21.8 Å². The van der Waals surface area contributed by atoms with Crippen LogP contribution >= 0.6 is 0 Å². The fourth-order valence-electron chi connectivity index (χ4n) is 2.14. The summed E-state index contributed by atoms with van der Waals surface area (Å²) in [5.74, 6) is -0.0373. The van der Waals surface area contributed by atoms with Crippen LogP contribution in [0.1, 0.15) is 33.6 Å². The number of anilines is 2. The van der Waals surface area contributed by atoms with Crippen LogP contribution in [-0.2, 0) is 19.6 Å². The summed E-state index contributed by atoms with van der Waals surface area (Å²) in [6.07, 6.45) is 1.99. The van der Waals surface area contributed by atoms with E-state index in [0.717, 1.165) is 12.7 Å². The summed E-state index contributed by atoms with van der Waals surface area (Å²) in [4.78, 5) is 23.0. The van der Waals surface area contributed by atoms with Crippen molar-refractivity contribution in [2.75, 3.05) is 30.0 Å². The first-order valence-corrected chi connectivity index (χ1v) is 10.1. The lowest BCUT2D eigenvalue weighted by Gasteiger charge is -2.20. The van der Waals surface area contributed by atoms with Crippen molar-refractivity contribution in [3.8, 4) is 0 Å². The summed E-state index contributed by atoms with van der Waals surface area (Å²) in [5, 5.41) is 5.36. The van der Waals surface area contributed by atoms with E-state index in [9.17, 15) is 18.0 Å². The first-order valence-electron chi connectivity index (χ1n) is 8.20. The quantitative estimate of drug-likeness (QED) is 0.698. The number of carbonyl (C=O) groups excluding carboxylic acids is 2. The van der Waals surface area contributed by atoms with E-state index in [4.69, 9.17) is 0 Å². The van der Waals surface area contributed by atoms with Gasteiger partial charge in [0.25, 0.3) is 0 Å². The van der Waals surface area contributed by atoms with Gasteiger partial charge in [0.15, 0.2) is 0 Å². The molecule has 0 saturated carbocycles. The molecule has 2 amide bonds. The van der Waals surface area contributed by atoms with Crippen LogP contribution in [0, 0.1) is 5.92 Å². The van der Waals surface area contributed by atoms with Gasteiger partial charge in [0, 0.05) is 37.8 Å². The lowest BCUT2D eigenvalue weighted by molar-refractivity contribution is -0.116. The van der Waals surface area contributed by atoms with Crippen LogP contribution in [0.2, 0.25) is 0 Å². The molecular formula is C17H27N3O4S. The monoisotopic (exact) mass is 369 g/mol. The highest BCUT2D eigenvalue weighted by atomic mass is 32.2. The Hall–Kier alpha value is -1.93. The van der Waals surface area contributed by atoms with Gasteiger partial charge >= 0.3 is 0 Å². The minimum absolute atomic E-state index is 0.0820. The lowest BCUT2D eigenvalue weighted by Crippen LogP contribution is -2.34. The molecule has 0 aliphatic rings. The molecule has 140 valence electrons. The number of amides is 2. The third-order valence-electron chi connectivity index (χ3n) is 3.50. The smallest absolute Gasteiger partial charge is 0.225 e.